The van der Waals surface area contributed by atoms with Crippen LogP contribution in [0.4, 0.5) is 5.69 Å². The Morgan fingerprint density at radius 3 is 2.41 bits per heavy atom. The van der Waals surface area contributed by atoms with E-state index < -0.39 is 0 Å². The standard InChI is InChI=1S/C15H25NO/c1-4-5-6-7-8-9-17-15-13(3)10-12(2)11-14(15)16/h10-11H,4-9,16H2,1-3H3. The average molecular weight is 235 g/mol. The Balaban J connectivity index is 2.36. The molecule has 1 rings (SSSR count). The summed E-state index contributed by atoms with van der Waals surface area (Å²) in [6.45, 7) is 7.11. The van der Waals surface area contributed by atoms with Crippen molar-refractivity contribution >= 4 is 5.69 Å². The summed E-state index contributed by atoms with van der Waals surface area (Å²) < 4.78 is 5.78. The second-order valence-corrected chi connectivity index (χ2v) is 4.76. The number of unbranched alkanes of at least 4 members (excludes halogenated alkanes) is 4. The Hall–Kier alpha value is -1.18. The third-order valence-corrected chi connectivity index (χ3v) is 2.94. The van der Waals surface area contributed by atoms with E-state index in [9.17, 15) is 0 Å². The largest absolute Gasteiger partial charge is 0.491 e. The van der Waals surface area contributed by atoms with Crippen molar-refractivity contribution in [1.82, 2.24) is 0 Å². The molecule has 0 aliphatic carbocycles. The first-order valence-corrected chi connectivity index (χ1v) is 6.64. The van der Waals surface area contributed by atoms with E-state index >= 15 is 0 Å². The number of rotatable bonds is 7. The van der Waals surface area contributed by atoms with Gasteiger partial charge in [0.15, 0.2) is 0 Å². The van der Waals surface area contributed by atoms with E-state index in [4.69, 9.17) is 10.5 Å². The molecule has 96 valence electrons. The lowest BCUT2D eigenvalue weighted by Gasteiger charge is -2.12. The van der Waals surface area contributed by atoms with Gasteiger partial charge in [-0.2, -0.15) is 0 Å². The van der Waals surface area contributed by atoms with E-state index in [2.05, 4.69) is 26.8 Å². The molecule has 0 saturated heterocycles. The second kappa shape index (κ2) is 7.21. The number of benzene rings is 1. The highest BCUT2D eigenvalue weighted by atomic mass is 16.5. The van der Waals surface area contributed by atoms with Gasteiger partial charge in [-0.3, -0.25) is 0 Å². The van der Waals surface area contributed by atoms with Crippen LogP contribution in [-0.4, -0.2) is 6.61 Å². The summed E-state index contributed by atoms with van der Waals surface area (Å²) >= 11 is 0. The summed E-state index contributed by atoms with van der Waals surface area (Å²) in [6, 6.07) is 4.09. The van der Waals surface area contributed by atoms with Gasteiger partial charge in [0.05, 0.1) is 12.3 Å². The predicted octanol–water partition coefficient (Wildman–Crippen LogP) is 4.23. The van der Waals surface area contributed by atoms with E-state index in [1.54, 1.807) is 0 Å². The number of hydrogen-bond donors (Lipinski definition) is 1. The number of hydrogen-bond acceptors (Lipinski definition) is 2. The molecule has 0 aliphatic heterocycles. The van der Waals surface area contributed by atoms with Crippen LogP contribution in [0.2, 0.25) is 0 Å². The Kier molecular flexibility index (Phi) is 5.88. The molecule has 0 radical (unpaired) electrons. The maximum absolute atomic E-state index is 5.96. The Morgan fingerprint density at radius 1 is 1.06 bits per heavy atom. The molecule has 1 aromatic rings. The quantitative estimate of drug-likeness (QED) is 0.567. The van der Waals surface area contributed by atoms with Gasteiger partial charge >= 0.3 is 0 Å². The minimum Gasteiger partial charge on any atom is -0.491 e. The monoisotopic (exact) mass is 235 g/mol. The molecule has 0 aliphatic rings. The molecule has 0 fully saturated rings. The first-order valence-electron chi connectivity index (χ1n) is 6.64. The third kappa shape index (κ3) is 4.68. The average Bonchev–Trinajstić information content (AvgIpc) is 2.26. The Bertz CT molecular complexity index is 324. The van der Waals surface area contributed by atoms with Gasteiger partial charge in [-0.25, -0.2) is 0 Å². The number of anilines is 1. The topological polar surface area (TPSA) is 35.2 Å². The maximum atomic E-state index is 5.96. The summed E-state index contributed by atoms with van der Waals surface area (Å²) in [6.07, 6.45) is 6.28. The highest BCUT2D eigenvalue weighted by Gasteiger charge is 2.05. The summed E-state index contributed by atoms with van der Waals surface area (Å²) in [7, 11) is 0. The zero-order chi connectivity index (χ0) is 12.7. The first kappa shape index (κ1) is 13.9. The molecule has 2 N–H and O–H groups in total. The van der Waals surface area contributed by atoms with Crippen molar-refractivity contribution in [3.05, 3.63) is 23.3 Å². The lowest BCUT2D eigenvalue weighted by Crippen LogP contribution is -2.02. The summed E-state index contributed by atoms with van der Waals surface area (Å²) in [5, 5.41) is 0. The molecule has 17 heavy (non-hydrogen) atoms. The number of nitrogen functional groups attached to an aromatic ring is 1. The van der Waals surface area contributed by atoms with E-state index in [-0.39, 0.29) is 0 Å². The van der Waals surface area contributed by atoms with Crippen molar-refractivity contribution in [2.75, 3.05) is 12.3 Å². The van der Waals surface area contributed by atoms with Crippen molar-refractivity contribution < 1.29 is 4.74 Å². The molecule has 2 nitrogen and oxygen atoms in total. The van der Waals surface area contributed by atoms with Crippen molar-refractivity contribution in [1.29, 1.82) is 0 Å². The molecule has 0 unspecified atom stereocenters. The minimum atomic E-state index is 0.760. The molecular weight excluding hydrogens is 210 g/mol. The lowest BCUT2D eigenvalue weighted by molar-refractivity contribution is 0.304. The zero-order valence-electron chi connectivity index (χ0n) is 11.4. The predicted molar refractivity (Wildman–Crippen MR) is 74.6 cm³/mol. The van der Waals surface area contributed by atoms with Gasteiger partial charge in [0.25, 0.3) is 0 Å². The molecule has 0 atom stereocenters. The minimum absolute atomic E-state index is 0.760. The molecule has 1 aromatic carbocycles. The van der Waals surface area contributed by atoms with Crippen LogP contribution >= 0.6 is 0 Å². The van der Waals surface area contributed by atoms with E-state index in [1.165, 1.54) is 31.2 Å². The maximum Gasteiger partial charge on any atom is 0.145 e. The zero-order valence-corrected chi connectivity index (χ0v) is 11.4. The van der Waals surface area contributed by atoms with Gasteiger partial charge in [-0.1, -0.05) is 38.7 Å². The smallest absolute Gasteiger partial charge is 0.145 e. The molecule has 0 amide bonds. The van der Waals surface area contributed by atoms with Gasteiger partial charge in [-0.15, -0.1) is 0 Å². The van der Waals surface area contributed by atoms with Crippen molar-refractivity contribution in [3.8, 4) is 5.75 Å². The van der Waals surface area contributed by atoms with E-state index in [1.807, 2.05) is 6.07 Å². The number of ether oxygens (including phenoxy) is 1. The molecule has 0 heterocycles. The fraction of sp³-hybridized carbons (Fsp3) is 0.600. The van der Waals surface area contributed by atoms with Crippen LogP contribution in [0.25, 0.3) is 0 Å². The fourth-order valence-electron chi connectivity index (χ4n) is 2.06. The van der Waals surface area contributed by atoms with Crippen LogP contribution in [0.15, 0.2) is 12.1 Å². The third-order valence-electron chi connectivity index (χ3n) is 2.94. The fourth-order valence-corrected chi connectivity index (χ4v) is 2.06. The van der Waals surface area contributed by atoms with Crippen LogP contribution in [0.3, 0.4) is 0 Å². The molecular formula is C15H25NO. The van der Waals surface area contributed by atoms with Crippen LogP contribution in [0.1, 0.15) is 50.2 Å². The highest BCUT2D eigenvalue weighted by Crippen LogP contribution is 2.27. The summed E-state index contributed by atoms with van der Waals surface area (Å²) in [4.78, 5) is 0. The normalized spacial score (nSPS) is 10.5. The van der Waals surface area contributed by atoms with Crippen molar-refractivity contribution in [2.45, 2.75) is 52.9 Å². The highest BCUT2D eigenvalue weighted by molar-refractivity contribution is 5.58. The van der Waals surface area contributed by atoms with E-state index in [0.29, 0.717) is 0 Å². The number of nitrogens with two attached hydrogens (primary N) is 1. The van der Waals surface area contributed by atoms with Crippen molar-refractivity contribution in [2.24, 2.45) is 0 Å². The van der Waals surface area contributed by atoms with Gasteiger partial charge in [0.2, 0.25) is 0 Å². The second-order valence-electron chi connectivity index (χ2n) is 4.76. The van der Waals surface area contributed by atoms with Crippen LogP contribution < -0.4 is 10.5 Å². The molecule has 0 spiro atoms. The van der Waals surface area contributed by atoms with Crippen LogP contribution in [-0.2, 0) is 0 Å². The van der Waals surface area contributed by atoms with E-state index in [0.717, 1.165) is 30.0 Å². The van der Waals surface area contributed by atoms with Gasteiger partial charge in [-0.05, 0) is 37.5 Å². The van der Waals surface area contributed by atoms with Crippen molar-refractivity contribution in [3.63, 3.8) is 0 Å². The summed E-state index contributed by atoms with van der Waals surface area (Å²) in [5.41, 5.74) is 9.05. The molecule has 2 heteroatoms. The Morgan fingerprint density at radius 2 is 1.76 bits per heavy atom. The number of aryl methyl sites for hydroxylation is 2. The van der Waals surface area contributed by atoms with Gasteiger partial charge in [0, 0.05) is 0 Å². The van der Waals surface area contributed by atoms with Gasteiger partial charge in [0.1, 0.15) is 5.75 Å². The van der Waals surface area contributed by atoms with Gasteiger partial charge < -0.3 is 10.5 Å². The Labute approximate surface area is 105 Å². The van der Waals surface area contributed by atoms with Crippen LogP contribution in [0, 0.1) is 13.8 Å². The molecule has 0 aromatic heterocycles. The molecule has 0 saturated carbocycles. The lowest BCUT2D eigenvalue weighted by atomic mass is 10.1. The summed E-state index contributed by atoms with van der Waals surface area (Å²) in [5.74, 6) is 0.867. The first-order chi connectivity index (χ1) is 8.15. The van der Waals surface area contributed by atoms with Crippen LogP contribution in [0.5, 0.6) is 5.75 Å². The SMILES string of the molecule is CCCCCCCOc1c(C)cc(C)cc1N. The molecule has 0 bridgehead atoms.